The van der Waals surface area contributed by atoms with Crippen molar-refractivity contribution >= 4 is 11.9 Å². The number of carbonyl (C=O) groups excluding carboxylic acids is 2. The van der Waals surface area contributed by atoms with Crippen molar-refractivity contribution in [2.75, 3.05) is 47.8 Å². The van der Waals surface area contributed by atoms with Gasteiger partial charge in [0.15, 0.2) is 0 Å². The summed E-state index contributed by atoms with van der Waals surface area (Å²) >= 11 is 0. The number of ether oxygens (including phenoxy) is 7. The second kappa shape index (κ2) is 8.61. The second-order valence-electron chi connectivity index (χ2n) is 13.2. The van der Waals surface area contributed by atoms with E-state index in [1.54, 1.807) is 21.3 Å². The van der Waals surface area contributed by atoms with Crippen LogP contribution in [-0.2, 0) is 42.7 Å². The van der Waals surface area contributed by atoms with Gasteiger partial charge in [0.05, 0.1) is 24.9 Å². The summed E-state index contributed by atoms with van der Waals surface area (Å²) in [5.41, 5.74) is -2.29. The molecule has 10 nitrogen and oxygen atoms in total. The summed E-state index contributed by atoms with van der Waals surface area (Å²) in [5.74, 6) is -0.568. The minimum Gasteiger partial charge on any atom is -0.462 e. The van der Waals surface area contributed by atoms with Crippen molar-refractivity contribution in [3.8, 4) is 0 Å². The minimum absolute atomic E-state index is 0.0211. The third-order valence-electron chi connectivity index (χ3n) is 12.3. The van der Waals surface area contributed by atoms with Gasteiger partial charge in [-0.15, -0.1) is 0 Å². The number of esters is 2. The molecule has 0 aromatic heterocycles. The number of nitrogens with zero attached hydrogens (tertiary/aromatic N) is 1. The second-order valence-corrected chi connectivity index (χ2v) is 13.2. The molecule has 5 aliphatic carbocycles. The summed E-state index contributed by atoms with van der Waals surface area (Å²) in [6.07, 6.45) is 1.94. The van der Waals surface area contributed by atoms with Crippen molar-refractivity contribution in [1.29, 1.82) is 0 Å². The maximum atomic E-state index is 12.7. The molecular formula is C29H43NO9. The van der Waals surface area contributed by atoms with Crippen LogP contribution < -0.4 is 0 Å². The van der Waals surface area contributed by atoms with Gasteiger partial charge in [0, 0.05) is 76.7 Å². The largest absolute Gasteiger partial charge is 0.462 e. The van der Waals surface area contributed by atoms with Gasteiger partial charge in [-0.05, 0) is 31.7 Å². The number of likely N-dealkylation sites (N-methyl/N-ethyl adjacent to an activating group) is 1. The lowest BCUT2D eigenvalue weighted by atomic mass is 9.42. The number of hydrogen-bond acceptors (Lipinski definition) is 10. The Morgan fingerprint density at radius 2 is 1.82 bits per heavy atom. The van der Waals surface area contributed by atoms with E-state index in [4.69, 9.17) is 33.2 Å². The zero-order chi connectivity index (χ0) is 27.5. The van der Waals surface area contributed by atoms with Gasteiger partial charge in [-0.3, -0.25) is 14.5 Å². The Balaban J connectivity index is 1.55. The van der Waals surface area contributed by atoms with Gasteiger partial charge in [0.1, 0.15) is 30.2 Å². The Labute approximate surface area is 230 Å². The van der Waals surface area contributed by atoms with Gasteiger partial charge >= 0.3 is 11.9 Å². The van der Waals surface area contributed by atoms with Crippen molar-refractivity contribution in [1.82, 2.24) is 4.90 Å². The van der Waals surface area contributed by atoms with Gasteiger partial charge in [0.2, 0.25) is 0 Å². The highest BCUT2D eigenvalue weighted by Gasteiger charge is 2.94. The Morgan fingerprint density at radius 3 is 2.46 bits per heavy atom. The molecule has 7 aliphatic rings. The van der Waals surface area contributed by atoms with Gasteiger partial charge in [-0.1, -0.05) is 6.92 Å². The van der Waals surface area contributed by atoms with E-state index in [-0.39, 0.29) is 78.3 Å². The predicted molar refractivity (Wildman–Crippen MR) is 135 cm³/mol. The lowest BCUT2D eigenvalue weighted by Gasteiger charge is -2.69. The van der Waals surface area contributed by atoms with Crippen molar-refractivity contribution < 1.29 is 42.7 Å². The standard InChI is InChI=1S/C29H43NO9/c1-7-30-12-26(13-33-4)9-8-20(38-15(2)31)28-18-10-17-19(34-5)11-27(21(18)22(17)39-16(3)32)29(25(28)30,37-14-36-27)24(35-6)23(26)28/h17-25H,7-14H2,1-6H3/t17-,18-,19+,20+,21-,22+,23-,24+,25-,26+,27-,28+,29-/m1/s1. The molecule has 0 unspecified atom stereocenters. The van der Waals surface area contributed by atoms with Crippen LogP contribution in [0.3, 0.4) is 0 Å². The molecule has 7 bridgehead atoms. The van der Waals surface area contributed by atoms with Crippen LogP contribution in [0.4, 0.5) is 0 Å². The van der Waals surface area contributed by atoms with Crippen LogP contribution in [0, 0.1) is 34.5 Å². The number of carbonyl (C=O) groups is 2. The SMILES string of the molecule is CCN1C[C@]2(COC)CC[C@H](OC(C)=O)[C@]34[C@@H]5C[C@H]6[C@H](OC(C)=O)[C@@H]5[C@@]5(C[C@@H]6OC)OCO[C@@]5([C@H]13)[C@@H](OC)[C@H]24. The molecule has 2 saturated heterocycles. The highest BCUT2D eigenvalue weighted by molar-refractivity contribution is 5.67. The average molecular weight is 550 g/mol. The first-order valence-corrected chi connectivity index (χ1v) is 14.6. The first-order chi connectivity index (χ1) is 18.7. The van der Waals surface area contributed by atoms with Crippen LogP contribution in [0.1, 0.15) is 46.5 Å². The highest BCUT2D eigenvalue weighted by atomic mass is 16.7. The molecule has 218 valence electrons. The Kier molecular flexibility index (Phi) is 5.87. The van der Waals surface area contributed by atoms with E-state index in [1.807, 2.05) is 0 Å². The number of rotatable bonds is 7. The molecule has 0 radical (unpaired) electrons. The first-order valence-electron chi connectivity index (χ1n) is 14.6. The monoisotopic (exact) mass is 549 g/mol. The molecule has 2 aliphatic heterocycles. The number of likely N-dealkylation sites (tertiary alicyclic amines) is 1. The minimum atomic E-state index is -0.841. The van der Waals surface area contributed by atoms with Gasteiger partial charge in [-0.2, -0.15) is 0 Å². The van der Waals surface area contributed by atoms with Crippen LogP contribution in [-0.4, -0.2) is 106 Å². The van der Waals surface area contributed by atoms with Gasteiger partial charge in [0.25, 0.3) is 0 Å². The smallest absolute Gasteiger partial charge is 0.302 e. The molecule has 0 aromatic rings. The van der Waals surface area contributed by atoms with Crippen molar-refractivity contribution in [3.05, 3.63) is 0 Å². The fourth-order valence-corrected chi connectivity index (χ4v) is 12.1. The molecule has 0 amide bonds. The maximum absolute atomic E-state index is 12.7. The van der Waals surface area contributed by atoms with Gasteiger partial charge in [-0.25, -0.2) is 0 Å². The van der Waals surface area contributed by atoms with Crippen LogP contribution in [0.2, 0.25) is 0 Å². The quantitative estimate of drug-likeness (QED) is 0.437. The fourth-order valence-electron chi connectivity index (χ4n) is 12.1. The molecule has 0 N–H and O–H groups in total. The average Bonchev–Trinajstić information content (AvgIpc) is 3.46. The van der Waals surface area contributed by atoms with Crippen LogP contribution in [0.15, 0.2) is 0 Å². The molecule has 7 fully saturated rings. The third-order valence-corrected chi connectivity index (χ3v) is 12.3. The van der Waals surface area contributed by atoms with Crippen molar-refractivity contribution in [2.45, 2.75) is 88.1 Å². The molecule has 7 rings (SSSR count). The first kappa shape index (κ1) is 26.6. The van der Waals surface area contributed by atoms with E-state index in [2.05, 4.69) is 11.8 Å². The van der Waals surface area contributed by atoms with E-state index < -0.39 is 16.6 Å². The number of fused-ring (bicyclic) bond motifs is 1. The molecule has 10 heteroatoms. The zero-order valence-electron chi connectivity index (χ0n) is 24.0. The summed E-state index contributed by atoms with van der Waals surface area (Å²) < 4.78 is 45.1. The van der Waals surface area contributed by atoms with Crippen LogP contribution >= 0.6 is 0 Å². The Hall–Kier alpha value is -1.30. The normalized spacial score (nSPS) is 54.4. The van der Waals surface area contributed by atoms with E-state index in [1.165, 1.54) is 13.8 Å². The lowest BCUT2D eigenvalue weighted by molar-refractivity contribution is -0.286. The Morgan fingerprint density at radius 1 is 1.05 bits per heavy atom. The van der Waals surface area contributed by atoms with Gasteiger partial charge < -0.3 is 33.2 Å². The summed E-state index contributed by atoms with van der Waals surface area (Å²) in [5, 5.41) is 0. The number of piperidine rings is 1. The Bertz CT molecular complexity index is 1060. The number of hydrogen-bond donors (Lipinski definition) is 0. The van der Waals surface area contributed by atoms with Crippen LogP contribution in [0.25, 0.3) is 0 Å². The van der Waals surface area contributed by atoms with Crippen molar-refractivity contribution in [3.63, 3.8) is 0 Å². The van der Waals surface area contributed by atoms with Crippen LogP contribution in [0.5, 0.6) is 0 Å². The van der Waals surface area contributed by atoms with E-state index in [0.29, 0.717) is 13.0 Å². The van der Waals surface area contributed by atoms with E-state index in [9.17, 15) is 9.59 Å². The lowest BCUT2D eigenvalue weighted by Crippen LogP contribution is -2.81. The summed E-state index contributed by atoms with van der Waals surface area (Å²) in [4.78, 5) is 27.8. The molecule has 3 spiro atoms. The van der Waals surface area contributed by atoms with Crippen molar-refractivity contribution in [2.24, 2.45) is 34.5 Å². The topological polar surface area (TPSA) is 102 Å². The van der Waals surface area contributed by atoms with E-state index >= 15 is 0 Å². The predicted octanol–water partition coefficient (Wildman–Crippen LogP) is 1.78. The molecule has 0 aromatic carbocycles. The van der Waals surface area contributed by atoms with E-state index in [0.717, 1.165) is 32.4 Å². The molecule has 39 heavy (non-hydrogen) atoms. The fraction of sp³-hybridized carbons (Fsp3) is 0.931. The molecule has 5 saturated carbocycles. The third kappa shape index (κ3) is 2.80. The molecule has 13 atom stereocenters. The summed E-state index contributed by atoms with van der Waals surface area (Å²) in [6.45, 7) is 7.61. The summed E-state index contributed by atoms with van der Waals surface area (Å²) in [6, 6.07) is -0.0873. The zero-order valence-corrected chi connectivity index (χ0v) is 24.0. The maximum Gasteiger partial charge on any atom is 0.302 e. The number of methoxy groups -OCH3 is 3. The molecular weight excluding hydrogens is 506 g/mol. The summed E-state index contributed by atoms with van der Waals surface area (Å²) in [7, 11) is 5.30. The molecule has 2 heterocycles. The highest BCUT2D eigenvalue weighted by Crippen LogP contribution is 2.82.